The number of benzene rings is 2. The number of esters is 2. The van der Waals surface area contributed by atoms with E-state index in [0.29, 0.717) is 57.1 Å². The maximum absolute atomic E-state index is 14.9. The summed E-state index contributed by atoms with van der Waals surface area (Å²) in [5.41, 5.74) is -0.530. The lowest BCUT2D eigenvalue weighted by Crippen LogP contribution is -2.74. The van der Waals surface area contributed by atoms with Crippen molar-refractivity contribution in [2.75, 3.05) is 79.3 Å². The summed E-state index contributed by atoms with van der Waals surface area (Å²) in [5.74, 6) is -123. The fraction of sp³-hybridized carbons (Fsp3) is 0.738. The van der Waals surface area contributed by atoms with E-state index < -0.39 is 195 Å². The predicted octanol–water partition coefficient (Wildman–Crippen LogP) is 20.0. The molecule has 0 N–H and O–H groups in total. The van der Waals surface area contributed by atoms with Crippen LogP contribution in [0.1, 0.15) is 119 Å². The standard InChI is InChI=1S/C61H66F34O12/c1-36(2)44(96)106-23-13-9-7-5-3-4-6-8-12-20-101-41-33-38(45(97)107-35-37-16-17-39-40(32-37)104-31-29-100-27-25-98-24-26-99-28-30-103-39)34-42(102-21-14-10-18-46(62,63)48(66,67)50(70,71)52(74,75)54(78,79)56(82,83)58(86,87)60(90,91)92)43(41)105-22-15-11-19-47(64,65)49(68,69)51(72,73)53(76,77)55(80,81)57(84,85)59(88,89)61(93,94)95/h16-17,32-34H,1,3-15,18-31,35H2,2H3. The highest BCUT2D eigenvalue weighted by atomic mass is 19.4. The third kappa shape index (κ3) is 21.2. The molecule has 0 atom stereocenters. The van der Waals surface area contributed by atoms with Gasteiger partial charge in [0.15, 0.2) is 23.0 Å². The SMILES string of the molecule is C=C(C)C(=O)OCCCCCCCCCCCOc1cc(C(=O)OCc2ccc3c(c2)OCCOCCOCCOCCO3)cc(OCCCCC(F)(F)C(F)(F)C(F)(F)C(F)(F)C(F)(F)C(F)(F)C(F)(F)C(F)(F)F)c1OCCCCC(F)(F)C(F)(F)C(F)(F)C(F)(F)C(F)(F)C(F)(F)C(F)(F)C(F)(F)F. The first-order valence-electron chi connectivity index (χ1n) is 31.3. The number of halogens is 34. The van der Waals surface area contributed by atoms with Crippen LogP contribution < -0.4 is 23.7 Å². The molecule has 12 nitrogen and oxygen atoms in total. The second-order valence-corrected chi connectivity index (χ2v) is 23.5. The topological polar surface area (TPSA) is 126 Å². The molecule has 2 aromatic carbocycles. The fourth-order valence-corrected chi connectivity index (χ4v) is 8.99. The van der Waals surface area contributed by atoms with Crippen LogP contribution in [0, 0.1) is 0 Å². The van der Waals surface area contributed by atoms with E-state index in [2.05, 4.69) is 6.58 Å². The van der Waals surface area contributed by atoms with Gasteiger partial charge in [-0.05, 0) is 75.3 Å². The number of fused-ring (bicyclic) bond motifs is 1. The van der Waals surface area contributed by atoms with Crippen molar-refractivity contribution in [2.24, 2.45) is 0 Å². The lowest BCUT2D eigenvalue weighted by Gasteiger charge is -2.42. The third-order valence-electron chi connectivity index (χ3n) is 15.3. The van der Waals surface area contributed by atoms with Crippen LogP contribution >= 0.6 is 0 Å². The number of alkyl halides is 34. The van der Waals surface area contributed by atoms with Crippen molar-refractivity contribution in [1.82, 2.24) is 0 Å². The van der Waals surface area contributed by atoms with E-state index in [-0.39, 0.29) is 94.9 Å². The summed E-state index contributed by atoms with van der Waals surface area (Å²) < 4.78 is 530. The second-order valence-electron chi connectivity index (χ2n) is 23.5. The summed E-state index contributed by atoms with van der Waals surface area (Å²) in [6, 6.07) is 5.10. The van der Waals surface area contributed by atoms with Gasteiger partial charge in [0.1, 0.15) is 19.8 Å². The minimum absolute atomic E-state index is 0.00129. The molecule has 0 spiro atoms. The molecule has 0 radical (unpaired) electrons. The van der Waals surface area contributed by atoms with Crippen molar-refractivity contribution in [3.63, 3.8) is 0 Å². The Morgan fingerprint density at radius 1 is 0.355 bits per heavy atom. The first-order valence-corrected chi connectivity index (χ1v) is 31.3. The number of hydrogen-bond donors (Lipinski definition) is 0. The molecule has 1 aliphatic heterocycles. The van der Waals surface area contributed by atoms with Gasteiger partial charge < -0.3 is 47.4 Å². The Morgan fingerprint density at radius 2 is 0.664 bits per heavy atom. The number of rotatable bonds is 41. The van der Waals surface area contributed by atoms with Gasteiger partial charge in [-0.1, -0.05) is 57.6 Å². The highest BCUT2D eigenvalue weighted by Gasteiger charge is 2.97. The summed E-state index contributed by atoms with van der Waals surface area (Å²) >= 11 is 0. The Morgan fingerprint density at radius 3 is 1.03 bits per heavy atom. The number of carbonyl (C=O) groups is 2. The zero-order valence-electron chi connectivity index (χ0n) is 55.1. The van der Waals surface area contributed by atoms with Gasteiger partial charge in [0, 0.05) is 18.4 Å². The van der Waals surface area contributed by atoms with Crippen LogP contribution in [-0.4, -0.2) is 186 Å². The molecule has 0 bridgehead atoms. The second kappa shape index (κ2) is 36.6. The maximum atomic E-state index is 14.9. The number of ether oxygens (including phenoxy) is 10. The van der Waals surface area contributed by atoms with Crippen molar-refractivity contribution >= 4 is 11.9 Å². The van der Waals surface area contributed by atoms with E-state index in [1.165, 1.54) is 25.1 Å². The van der Waals surface area contributed by atoms with E-state index in [1.54, 1.807) is 0 Å². The van der Waals surface area contributed by atoms with Crippen LogP contribution in [0.25, 0.3) is 0 Å². The van der Waals surface area contributed by atoms with Gasteiger partial charge in [-0.2, -0.15) is 149 Å². The van der Waals surface area contributed by atoms with Crippen molar-refractivity contribution in [1.29, 1.82) is 0 Å². The highest BCUT2D eigenvalue weighted by molar-refractivity contribution is 5.91. The number of hydrogen-bond acceptors (Lipinski definition) is 12. The van der Waals surface area contributed by atoms with E-state index >= 15 is 0 Å². The van der Waals surface area contributed by atoms with E-state index in [0.717, 1.165) is 0 Å². The molecule has 0 unspecified atom stereocenters. The molecule has 0 amide bonds. The first kappa shape index (κ1) is 94.8. The molecule has 3 rings (SSSR count). The van der Waals surface area contributed by atoms with Crippen molar-refractivity contribution in [3.05, 3.63) is 53.6 Å². The summed E-state index contributed by atoms with van der Waals surface area (Å²) in [6.07, 6.45) is -24.1. The Hall–Kier alpha value is -6.38. The highest BCUT2D eigenvalue weighted by Crippen LogP contribution is 2.67. The van der Waals surface area contributed by atoms with E-state index in [1.807, 2.05) is 0 Å². The number of carbonyl (C=O) groups excluding carboxylic acids is 2. The quantitative estimate of drug-likeness (QED) is 0.0272. The first-order chi connectivity index (χ1) is 48.7. The normalized spacial score (nSPS) is 15.7. The zero-order valence-corrected chi connectivity index (χ0v) is 55.1. The minimum atomic E-state index is -8.96. The molecule has 2 aromatic rings. The molecule has 0 saturated carbocycles. The average molecular weight is 1640 g/mol. The summed E-state index contributed by atoms with van der Waals surface area (Å²) in [6.45, 7) is 1.40. The lowest BCUT2D eigenvalue weighted by atomic mass is 9.88. The molecule has 1 aliphatic rings. The van der Waals surface area contributed by atoms with Gasteiger partial charge >= 0.3 is 107 Å². The molecule has 0 fully saturated rings. The van der Waals surface area contributed by atoms with Crippen molar-refractivity contribution in [3.8, 4) is 28.7 Å². The van der Waals surface area contributed by atoms with Crippen LogP contribution in [0.4, 0.5) is 149 Å². The van der Waals surface area contributed by atoms with Crippen molar-refractivity contribution in [2.45, 2.75) is 205 Å². The third-order valence-corrected chi connectivity index (χ3v) is 15.3. The van der Waals surface area contributed by atoms with Crippen LogP contribution in [0.5, 0.6) is 28.7 Å². The summed E-state index contributed by atoms with van der Waals surface area (Å²) in [5, 5.41) is 0. The molecule has 620 valence electrons. The smallest absolute Gasteiger partial charge is 0.460 e. The fourth-order valence-electron chi connectivity index (χ4n) is 8.99. The van der Waals surface area contributed by atoms with Crippen molar-refractivity contribution < 1.29 is 206 Å². The van der Waals surface area contributed by atoms with Gasteiger partial charge in [-0.3, -0.25) is 0 Å². The minimum Gasteiger partial charge on any atom is -0.490 e. The average Bonchev–Trinajstić information content (AvgIpc) is 0.702. The monoisotopic (exact) mass is 1640 g/mol. The number of unbranched alkanes of at least 4 members (excludes halogenated alkanes) is 10. The molecule has 0 aromatic heterocycles. The van der Waals surface area contributed by atoms with Crippen LogP contribution in [-0.2, 0) is 35.1 Å². The van der Waals surface area contributed by atoms with Crippen LogP contribution in [0.15, 0.2) is 42.5 Å². The van der Waals surface area contributed by atoms with Gasteiger partial charge in [0.05, 0.1) is 71.6 Å². The van der Waals surface area contributed by atoms with Crippen LogP contribution in [0.3, 0.4) is 0 Å². The Balaban J connectivity index is 2.09. The van der Waals surface area contributed by atoms with Gasteiger partial charge in [0.25, 0.3) is 0 Å². The predicted molar refractivity (Wildman–Crippen MR) is 298 cm³/mol. The molecule has 107 heavy (non-hydrogen) atoms. The van der Waals surface area contributed by atoms with Crippen LogP contribution in [0.2, 0.25) is 0 Å². The Bertz CT molecular complexity index is 3160. The summed E-state index contributed by atoms with van der Waals surface area (Å²) in [4.78, 5) is 25.5. The molecule has 46 heteroatoms. The van der Waals surface area contributed by atoms with Gasteiger partial charge in [-0.15, -0.1) is 0 Å². The van der Waals surface area contributed by atoms with E-state index in [4.69, 9.17) is 47.4 Å². The molecule has 0 saturated heterocycles. The zero-order chi connectivity index (χ0) is 82.2. The molecular weight excluding hydrogens is 1570 g/mol. The Labute approximate surface area is 584 Å². The molecular formula is C61H66F34O12. The molecule has 0 aliphatic carbocycles. The molecule has 1 heterocycles. The van der Waals surface area contributed by atoms with E-state index in [9.17, 15) is 159 Å². The van der Waals surface area contributed by atoms with Gasteiger partial charge in [0.2, 0.25) is 5.75 Å². The lowest BCUT2D eigenvalue weighted by molar-refractivity contribution is -0.461. The summed E-state index contributed by atoms with van der Waals surface area (Å²) in [7, 11) is 0. The maximum Gasteiger partial charge on any atom is 0.460 e. The van der Waals surface area contributed by atoms with Gasteiger partial charge in [-0.25, -0.2) is 9.59 Å². The largest absolute Gasteiger partial charge is 0.490 e. The Kier molecular flexibility index (Phi) is 32.5.